The van der Waals surface area contributed by atoms with E-state index in [9.17, 15) is 4.79 Å². The molecule has 0 bridgehead atoms. The minimum absolute atomic E-state index is 0.150. The van der Waals surface area contributed by atoms with Gasteiger partial charge in [0, 0.05) is 12.6 Å². The fraction of sp³-hybridized carbons (Fsp3) is 0.545. The van der Waals surface area contributed by atoms with E-state index in [1.54, 1.807) is 6.07 Å². The van der Waals surface area contributed by atoms with E-state index in [1.165, 1.54) is 12.7 Å². The summed E-state index contributed by atoms with van der Waals surface area (Å²) in [5.74, 6) is -0.168. The van der Waals surface area contributed by atoms with Gasteiger partial charge in [-0.2, -0.15) is 0 Å². The van der Waals surface area contributed by atoms with Crippen LogP contribution in [0.15, 0.2) is 16.7 Å². The van der Waals surface area contributed by atoms with Crippen LogP contribution in [0.25, 0.3) is 0 Å². The van der Waals surface area contributed by atoms with Crippen LogP contribution in [0, 0.1) is 0 Å². The molecule has 1 aromatic heterocycles. The molecule has 1 atom stereocenters. The molecule has 1 N–H and O–H groups in total. The normalized spacial score (nSPS) is 21.2. The maximum atomic E-state index is 11.7. The second-order valence-corrected chi connectivity index (χ2v) is 4.44. The molecule has 2 rings (SSSR count). The minimum atomic E-state index is -0.168. The van der Waals surface area contributed by atoms with Crippen molar-refractivity contribution in [3.8, 4) is 0 Å². The van der Waals surface area contributed by atoms with Crippen molar-refractivity contribution in [2.24, 2.45) is 0 Å². The molecule has 0 aromatic carbocycles. The molecule has 5 heteroatoms. The van der Waals surface area contributed by atoms with E-state index >= 15 is 0 Å². The fourth-order valence-corrected chi connectivity index (χ4v) is 2.20. The number of furan rings is 1. The Bertz CT molecular complexity index is 378. The molecule has 0 radical (unpaired) electrons. The number of carbonyl (C=O) groups excluding carboxylic acids is 1. The zero-order valence-electron chi connectivity index (χ0n) is 9.20. The van der Waals surface area contributed by atoms with Gasteiger partial charge >= 0.3 is 0 Å². The molecular formula is C11H15ClN2O2. The van der Waals surface area contributed by atoms with Crippen LogP contribution in [0.4, 0.5) is 0 Å². The molecule has 1 aliphatic rings. The molecule has 0 saturated carbocycles. The van der Waals surface area contributed by atoms with Gasteiger partial charge in [-0.25, -0.2) is 0 Å². The lowest BCUT2D eigenvalue weighted by Crippen LogP contribution is -2.38. The summed E-state index contributed by atoms with van der Waals surface area (Å²) in [7, 11) is 2.08. The summed E-state index contributed by atoms with van der Waals surface area (Å²) in [6.45, 7) is 1.77. The van der Waals surface area contributed by atoms with Crippen LogP contribution >= 0.6 is 11.6 Å². The Morgan fingerprint density at radius 3 is 3.12 bits per heavy atom. The molecule has 0 aliphatic carbocycles. The maximum Gasteiger partial charge on any atom is 0.256 e. The number of likely N-dealkylation sites (tertiary alicyclic amines) is 1. The van der Waals surface area contributed by atoms with Crippen molar-refractivity contribution in [2.75, 3.05) is 20.1 Å². The maximum absolute atomic E-state index is 11.7. The quantitative estimate of drug-likeness (QED) is 0.879. The minimum Gasteiger partial charge on any atom is -0.452 e. The first-order chi connectivity index (χ1) is 7.68. The lowest BCUT2D eigenvalue weighted by Gasteiger charge is -2.19. The van der Waals surface area contributed by atoms with Crippen LogP contribution in [0.5, 0.6) is 0 Å². The molecule has 1 aromatic rings. The molecule has 2 heterocycles. The number of nitrogens with zero attached hydrogens (tertiary/aromatic N) is 1. The smallest absolute Gasteiger partial charge is 0.256 e. The van der Waals surface area contributed by atoms with Crippen LogP contribution in [-0.2, 0) is 0 Å². The predicted octanol–water partition coefficient (Wildman–Crippen LogP) is 1.76. The van der Waals surface area contributed by atoms with Crippen molar-refractivity contribution in [1.82, 2.24) is 10.2 Å². The highest BCUT2D eigenvalue weighted by Gasteiger charge is 2.22. The first-order valence-corrected chi connectivity index (χ1v) is 5.77. The number of rotatable bonds is 3. The van der Waals surface area contributed by atoms with Gasteiger partial charge in [0.1, 0.15) is 0 Å². The topological polar surface area (TPSA) is 45.5 Å². The Hall–Kier alpha value is -1.00. The second-order valence-electron chi connectivity index (χ2n) is 4.09. The summed E-state index contributed by atoms with van der Waals surface area (Å²) in [6.07, 6.45) is 3.75. The molecule has 1 saturated heterocycles. The van der Waals surface area contributed by atoms with Gasteiger partial charge < -0.3 is 14.6 Å². The first-order valence-electron chi connectivity index (χ1n) is 5.40. The highest BCUT2D eigenvalue weighted by atomic mass is 35.5. The van der Waals surface area contributed by atoms with Crippen LogP contribution in [0.1, 0.15) is 23.2 Å². The summed E-state index contributed by atoms with van der Waals surface area (Å²) >= 11 is 5.72. The third kappa shape index (κ3) is 2.39. The highest BCUT2D eigenvalue weighted by Crippen LogP contribution is 2.17. The van der Waals surface area contributed by atoms with E-state index in [-0.39, 0.29) is 11.1 Å². The Labute approximate surface area is 99.5 Å². The Morgan fingerprint density at radius 1 is 1.75 bits per heavy atom. The van der Waals surface area contributed by atoms with Crippen LogP contribution < -0.4 is 5.32 Å². The van der Waals surface area contributed by atoms with Crippen molar-refractivity contribution in [2.45, 2.75) is 18.9 Å². The third-order valence-electron chi connectivity index (χ3n) is 3.03. The van der Waals surface area contributed by atoms with Crippen molar-refractivity contribution >= 4 is 17.5 Å². The van der Waals surface area contributed by atoms with Gasteiger partial charge in [0.2, 0.25) is 5.22 Å². The van der Waals surface area contributed by atoms with E-state index < -0.39 is 0 Å². The van der Waals surface area contributed by atoms with Gasteiger partial charge in [-0.3, -0.25) is 4.79 Å². The van der Waals surface area contributed by atoms with Crippen molar-refractivity contribution < 1.29 is 9.21 Å². The average Bonchev–Trinajstić information content (AvgIpc) is 2.84. The Morgan fingerprint density at radius 2 is 2.56 bits per heavy atom. The summed E-state index contributed by atoms with van der Waals surface area (Å²) in [5, 5.41) is 3.02. The van der Waals surface area contributed by atoms with Crippen molar-refractivity contribution in [3.63, 3.8) is 0 Å². The summed E-state index contributed by atoms with van der Waals surface area (Å²) in [4.78, 5) is 14.0. The molecule has 1 unspecified atom stereocenters. The predicted molar refractivity (Wildman–Crippen MR) is 61.7 cm³/mol. The number of carbonyl (C=O) groups is 1. The molecule has 16 heavy (non-hydrogen) atoms. The van der Waals surface area contributed by atoms with E-state index in [4.69, 9.17) is 16.0 Å². The second kappa shape index (κ2) is 4.89. The lowest BCUT2D eigenvalue weighted by molar-refractivity contribution is 0.0943. The molecule has 1 aliphatic heterocycles. The first kappa shape index (κ1) is 11.5. The lowest BCUT2D eigenvalue weighted by atomic mass is 10.2. The van der Waals surface area contributed by atoms with Crippen molar-refractivity contribution in [1.29, 1.82) is 0 Å². The molecular weight excluding hydrogens is 228 g/mol. The molecule has 88 valence electrons. The van der Waals surface area contributed by atoms with Gasteiger partial charge in [-0.15, -0.1) is 0 Å². The SMILES string of the molecule is CN1CCCC1CNC(=O)c1ccoc1Cl. The van der Waals surface area contributed by atoms with Gasteiger partial charge in [-0.1, -0.05) is 0 Å². The largest absolute Gasteiger partial charge is 0.452 e. The summed E-state index contributed by atoms with van der Waals surface area (Å²) in [6, 6.07) is 2.02. The Balaban J connectivity index is 1.86. The van der Waals surface area contributed by atoms with Crippen molar-refractivity contribution in [3.05, 3.63) is 23.1 Å². The van der Waals surface area contributed by atoms with Gasteiger partial charge in [-0.05, 0) is 44.1 Å². The number of hydrogen-bond acceptors (Lipinski definition) is 3. The van der Waals surface area contributed by atoms with Crippen LogP contribution in [0.3, 0.4) is 0 Å². The van der Waals surface area contributed by atoms with E-state index in [0.29, 0.717) is 18.2 Å². The number of hydrogen-bond donors (Lipinski definition) is 1. The standard InChI is InChI=1S/C11H15ClN2O2/c1-14-5-2-3-8(14)7-13-11(15)9-4-6-16-10(9)12/h4,6,8H,2-3,5,7H2,1H3,(H,13,15). The summed E-state index contributed by atoms with van der Waals surface area (Å²) in [5.41, 5.74) is 0.405. The Kier molecular flexibility index (Phi) is 3.51. The monoisotopic (exact) mass is 242 g/mol. The van der Waals surface area contributed by atoms with Gasteiger partial charge in [0.15, 0.2) is 0 Å². The fourth-order valence-electron chi connectivity index (χ4n) is 2.00. The van der Waals surface area contributed by atoms with Gasteiger partial charge in [0.25, 0.3) is 5.91 Å². The van der Waals surface area contributed by atoms with Gasteiger partial charge in [0.05, 0.1) is 11.8 Å². The molecule has 1 fully saturated rings. The zero-order valence-corrected chi connectivity index (χ0v) is 9.96. The highest BCUT2D eigenvalue weighted by molar-refractivity contribution is 6.32. The summed E-state index contributed by atoms with van der Waals surface area (Å²) < 4.78 is 4.87. The third-order valence-corrected chi connectivity index (χ3v) is 3.33. The number of likely N-dealkylation sites (N-methyl/N-ethyl adjacent to an activating group) is 1. The molecule has 4 nitrogen and oxygen atoms in total. The van der Waals surface area contributed by atoms with E-state index in [0.717, 1.165) is 13.0 Å². The zero-order chi connectivity index (χ0) is 11.5. The number of halogens is 1. The van der Waals surface area contributed by atoms with E-state index in [2.05, 4.69) is 17.3 Å². The molecule has 1 amide bonds. The average molecular weight is 243 g/mol. The molecule has 0 spiro atoms. The van der Waals surface area contributed by atoms with Crippen LogP contribution in [0.2, 0.25) is 5.22 Å². The van der Waals surface area contributed by atoms with Crippen LogP contribution in [-0.4, -0.2) is 37.0 Å². The number of amides is 1. The van der Waals surface area contributed by atoms with E-state index in [1.807, 2.05) is 0 Å². The number of nitrogens with one attached hydrogen (secondary N) is 1.